The maximum atomic E-state index is 11.5. The summed E-state index contributed by atoms with van der Waals surface area (Å²) in [6.07, 6.45) is 2.88. The van der Waals surface area contributed by atoms with Crippen molar-refractivity contribution in [1.82, 2.24) is 4.57 Å². The summed E-state index contributed by atoms with van der Waals surface area (Å²) in [4.78, 5) is 11.5. The first-order valence-corrected chi connectivity index (χ1v) is 6.86. The number of hydrogen-bond donors (Lipinski definition) is 2. The van der Waals surface area contributed by atoms with E-state index in [4.69, 9.17) is 5.73 Å². The van der Waals surface area contributed by atoms with Gasteiger partial charge in [0.05, 0.1) is 11.4 Å². The van der Waals surface area contributed by atoms with Crippen LogP contribution in [0.1, 0.15) is 34.1 Å². The Hall–Kier alpha value is -2.23. The molecule has 1 aromatic carbocycles. The Morgan fingerprint density at radius 2 is 1.75 bits per heavy atom. The molecule has 0 aliphatic carbocycles. The summed E-state index contributed by atoms with van der Waals surface area (Å²) < 4.78 is 1.43. The van der Waals surface area contributed by atoms with E-state index in [1.807, 2.05) is 13.8 Å². The van der Waals surface area contributed by atoms with Gasteiger partial charge in [-0.05, 0) is 18.2 Å². The van der Waals surface area contributed by atoms with Crippen molar-refractivity contribution in [3.05, 3.63) is 52.9 Å². The first-order valence-electron chi connectivity index (χ1n) is 6.86. The second kappa shape index (κ2) is 9.67. The van der Waals surface area contributed by atoms with Crippen LogP contribution in [-0.2, 0) is 0 Å². The molecule has 2 aromatic rings. The number of benzene rings is 1. The van der Waals surface area contributed by atoms with E-state index in [0.717, 1.165) is 0 Å². The topological polar surface area (TPSA) is 68.2 Å². The van der Waals surface area contributed by atoms with Crippen molar-refractivity contribution in [1.29, 1.82) is 0 Å². The summed E-state index contributed by atoms with van der Waals surface area (Å²) >= 11 is 0. The minimum atomic E-state index is -0.151. The van der Waals surface area contributed by atoms with E-state index in [1.54, 1.807) is 30.5 Å². The van der Waals surface area contributed by atoms with Crippen molar-refractivity contribution in [2.45, 2.75) is 34.1 Å². The lowest BCUT2D eigenvalue weighted by Crippen LogP contribution is -2.15. The largest absolute Gasteiger partial charge is 0.506 e. The molecule has 3 N–H and O–H groups in total. The molecule has 20 heavy (non-hydrogen) atoms. The van der Waals surface area contributed by atoms with E-state index >= 15 is 0 Å². The van der Waals surface area contributed by atoms with Gasteiger partial charge in [0.15, 0.2) is 0 Å². The van der Waals surface area contributed by atoms with Crippen LogP contribution in [0.15, 0.2) is 47.4 Å². The van der Waals surface area contributed by atoms with Crippen molar-refractivity contribution in [2.75, 3.05) is 5.73 Å². The minimum Gasteiger partial charge on any atom is -0.506 e. The third-order valence-corrected chi connectivity index (χ3v) is 2.11. The third kappa shape index (κ3) is 5.18. The number of aromatic hydroxyl groups is 1. The fraction of sp³-hybridized carbons (Fsp3) is 0.312. The van der Waals surface area contributed by atoms with Crippen molar-refractivity contribution in [2.24, 2.45) is 0 Å². The quantitative estimate of drug-likeness (QED) is 0.618. The summed E-state index contributed by atoms with van der Waals surface area (Å²) in [6.45, 7) is 8.25. The molecular formula is C16H24N2O2. The highest BCUT2D eigenvalue weighted by Gasteiger charge is 2.01. The molecule has 0 radical (unpaired) electrons. The van der Waals surface area contributed by atoms with E-state index in [9.17, 15) is 9.90 Å². The molecule has 110 valence electrons. The van der Waals surface area contributed by atoms with Gasteiger partial charge in [0.25, 0.3) is 5.56 Å². The minimum absolute atomic E-state index is 0.0248. The number of pyridine rings is 1. The van der Waals surface area contributed by atoms with Crippen LogP contribution in [0.5, 0.6) is 5.75 Å². The Bertz CT molecular complexity index is 562. The zero-order valence-electron chi connectivity index (χ0n) is 12.6. The molecule has 0 fully saturated rings. The predicted molar refractivity (Wildman–Crippen MR) is 85.4 cm³/mol. The van der Waals surface area contributed by atoms with Gasteiger partial charge in [-0.15, -0.1) is 0 Å². The number of phenolic OH excluding ortho intramolecular Hbond substituents is 1. The SMILES string of the molecule is CC.CCC.Nc1ccc(-n2ccccc2=O)cc1O. The van der Waals surface area contributed by atoms with E-state index in [0.29, 0.717) is 11.4 Å². The lowest BCUT2D eigenvalue weighted by atomic mass is 10.2. The standard InChI is InChI=1S/C11H10N2O2.C3H8.C2H6/c12-9-5-4-8(7-10(9)14)13-6-2-1-3-11(13)15;1-3-2;1-2/h1-7,14H,12H2;3H2,1-2H3;1-2H3. The zero-order chi connectivity index (χ0) is 15.5. The second-order valence-electron chi connectivity index (χ2n) is 3.86. The number of hydrogen-bond acceptors (Lipinski definition) is 3. The molecule has 0 saturated carbocycles. The highest BCUT2D eigenvalue weighted by atomic mass is 16.3. The molecule has 0 atom stereocenters. The van der Waals surface area contributed by atoms with Crippen LogP contribution in [-0.4, -0.2) is 9.67 Å². The number of anilines is 1. The summed E-state index contributed by atoms with van der Waals surface area (Å²) in [5.41, 5.74) is 6.20. The van der Waals surface area contributed by atoms with Crippen molar-refractivity contribution in [3.63, 3.8) is 0 Å². The molecule has 2 rings (SSSR count). The Morgan fingerprint density at radius 1 is 1.15 bits per heavy atom. The average molecular weight is 276 g/mol. The number of phenols is 1. The Balaban J connectivity index is 0.000000641. The molecule has 0 aliphatic rings. The van der Waals surface area contributed by atoms with Crippen LogP contribution in [0.4, 0.5) is 5.69 Å². The van der Waals surface area contributed by atoms with Crippen LogP contribution >= 0.6 is 0 Å². The van der Waals surface area contributed by atoms with E-state index in [2.05, 4.69) is 13.8 Å². The molecule has 1 heterocycles. The van der Waals surface area contributed by atoms with Crippen LogP contribution < -0.4 is 11.3 Å². The first kappa shape index (κ1) is 17.8. The van der Waals surface area contributed by atoms with Gasteiger partial charge < -0.3 is 10.8 Å². The molecule has 0 amide bonds. The summed E-state index contributed by atoms with van der Waals surface area (Å²) in [6, 6.07) is 9.55. The summed E-state index contributed by atoms with van der Waals surface area (Å²) in [7, 11) is 0. The molecule has 0 aliphatic heterocycles. The van der Waals surface area contributed by atoms with Gasteiger partial charge in [0, 0.05) is 18.3 Å². The molecule has 1 aromatic heterocycles. The molecule has 4 nitrogen and oxygen atoms in total. The normalized spacial score (nSPS) is 8.80. The molecule has 0 spiro atoms. The number of nitrogens with zero attached hydrogens (tertiary/aromatic N) is 1. The van der Waals surface area contributed by atoms with Crippen molar-refractivity contribution < 1.29 is 5.11 Å². The molecule has 0 saturated heterocycles. The molecule has 4 heteroatoms. The molecular weight excluding hydrogens is 252 g/mol. The Labute approximate surface area is 120 Å². The van der Waals surface area contributed by atoms with Gasteiger partial charge >= 0.3 is 0 Å². The summed E-state index contributed by atoms with van der Waals surface area (Å²) in [5.74, 6) is -0.0248. The number of aromatic nitrogens is 1. The second-order valence-corrected chi connectivity index (χ2v) is 3.86. The molecule has 0 unspecified atom stereocenters. The first-order chi connectivity index (χ1) is 9.60. The number of rotatable bonds is 1. The fourth-order valence-corrected chi connectivity index (χ4v) is 1.32. The summed E-state index contributed by atoms with van der Waals surface area (Å²) in [5, 5.41) is 9.41. The fourth-order valence-electron chi connectivity index (χ4n) is 1.32. The van der Waals surface area contributed by atoms with Crippen LogP contribution in [0, 0.1) is 0 Å². The van der Waals surface area contributed by atoms with Crippen LogP contribution in [0.25, 0.3) is 5.69 Å². The third-order valence-electron chi connectivity index (χ3n) is 2.11. The van der Waals surface area contributed by atoms with Crippen molar-refractivity contribution >= 4 is 5.69 Å². The predicted octanol–water partition coefficient (Wildman–Crippen LogP) is 3.57. The van der Waals surface area contributed by atoms with Crippen LogP contribution in [0.2, 0.25) is 0 Å². The van der Waals surface area contributed by atoms with Gasteiger partial charge in [0.1, 0.15) is 5.75 Å². The van der Waals surface area contributed by atoms with E-state index in [1.165, 1.54) is 23.1 Å². The van der Waals surface area contributed by atoms with E-state index in [-0.39, 0.29) is 11.3 Å². The van der Waals surface area contributed by atoms with Gasteiger partial charge in [-0.3, -0.25) is 9.36 Å². The van der Waals surface area contributed by atoms with E-state index < -0.39 is 0 Å². The highest BCUT2D eigenvalue weighted by Crippen LogP contribution is 2.21. The molecule has 0 bridgehead atoms. The lowest BCUT2D eigenvalue weighted by molar-refractivity contribution is 0.477. The zero-order valence-corrected chi connectivity index (χ0v) is 12.6. The smallest absolute Gasteiger partial charge is 0.255 e. The highest BCUT2D eigenvalue weighted by molar-refractivity contribution is 5.56. The van der Waals surface area contributed by atoms with Crippen molar-refractivity contribution in [3.8, 4) is 11.4 Å². The Morgan fingerprint density at radius 3 is 2.25 bits per heavy atom. The average Bonchev–Trinajstić information content (AvgIpc) is 2.46. The lowest BCUT2D eigenvalue weighted by Gasteiger charge is -2.06. The van der Waals surface area contributed by atoms with Crippen LogP contribution in [0.3, 0.4) is 0 Å². The van der Waals surface area contributed by atoms with Gasteiger partial charge in [0.2, 0.25) is 0 Å². The van der Waals surface area contributed by atoms with Gasteiger partial charge in [-0.1, -0.05) is 40.2 Å². The monoisotopic (exact) mass is 276 g/mol. The number of nitrogens with two attached hydrogens (primary N) is 1. The number of nitrogen functional groups attached to an aromatic ring is 1. The maximum absolute atomic E-state index is 11.5. The van der Waals surface area contributed by atoms with Gasteiger partial charge in [-0.2, -0.15) is 0 Å². The Kier molecular flexibility index (Phi) is 8.59. The maximum Gasteiger partial charge on any atom is 0.255 e. The van der Waals surface area contributed by atoms with Gasteiger partial charge in [-0.25, -0.2) is 0 Å².